The largest absolute Gasteiger partial charge is 0.386 e. The van der Waals surface area contributed by atoms with Gasteiger partial charge in [0.25, 0.3) is 0 Å². The number of sulfonamides is 1. The molecule has 2 aliphatic rings. The lowest BCUT2D eigenvalue weighted by atomic mass is 9.99. The van der Waals surface area contributed by atoms with E-state index in [-0.39, 0.29) is 49.0 Å². The second-order valence-electron chi connectivity index (χ2n) is 8.57. The summed E-state index contributed by atoms with van der Waals surface area (Å²) in [5.74, 6) is -4.71. The lowest BCUT2D eigenvalue weighted by molar-refractivity contribution is -0.0477. The maximum atomic E-state index is 13.7. The summed E-state index contributed by atoms with van der Waals surface area (Å²) in [6.07, 6.45) is -0.147. The summed E-state index contributed by atoms with van der Waals surface area (Å²) in [6.45, 7) is -1.34. The predicted molar refractivity (Wildman–Crippen MR) is 113 cm³/mol. The first-order valence-electron chi connectivity index (χ1n) is 10.6. The standard InChI is InChI=1S/C22H24F4N2O5S/c23-10-14-2-1-13(21(29)27-16-8-17(24)20(26)18(25)9-16)7-19(14)34(31,32)28-5-6-33-12-22(30,11-28)15-3-4-15/h1-2,7-9,15,21,27,29-30H,3-6,10-12H2. The van der Waals surface area contributed by atoms with Gasteiger partial charge >= 0.3 is 0 Å². The number of rotatable bonds is 7. The van der Waals surface area contributed by atoms with Crippen molar-refractivity contribution in [3.8, 4) is 0 Å². The smallest absolute Gasteiger partial charge is 0.243 e. The lowest BCUT2D eigenvalue weighted by Crippen LogP contribution is -2.48. The number of aliphatic hydroxyl groups excluding tert-OH is 1. The molecule has 0 amide bonds. The Hall–Kier alpha value is -2.25. The molecule has 1 heterocycles. The molecule has 34 heavy (non-hydrogen) atoms. The summed E-state index contributed by atoms with van der Waals surface area (Å²) in [7, 11) is -4.31. The van der Waals surface area contributed by atoms with E-state index < -0.39 is 50.9 Å². The van der Waals surface area contributed by atoms with Crippen LogP contribution in [0.1, 0.15) is 30.2 Å². The molecule has 1 saturated heterocycles. The second-order valence-corrected chi connectivity index (χ2v) is 10.5. The first kappa shape index (κ1) is 24.9. The number of halogens is 4. The number of ether oxygens (including phenoxy) is 1. The first-order chi connectivity index (χ1) is 16.0. The molecule has 3 N–H and O–H groups in total. The van der Waals surface area contributed by atoms with Crippen molar-refractivity contribution in [2.75, 3.05) is 31.6 Å². The van der Waals surface area contributed by atoms with Crippen LogP contribution in [0.25, 0.3) is 0 Å². The van der Waals surface area contributed by atoms with Gasteiger partial charge in [-0.3, -0.25) is 0 Å². The summed E-state index contributed by atoms with van der Waals surface area (Å²) in [4.78, 5) is -0.412. The van der Waals surface area contributed by atoms with Crippen molar-refractivity contribution in [2.24, 2.45) is 5.92 Å². The molecule has 1 aliphatic carbocycles. The number of benzene rings is 2. The van der Waals surface area contributed by atoms with Crippen LogP contribution in [-0.2, 0) is 21.4 Å². The highest BCUT2D eigenvalue weighted by Crippen LogP contribution is 2.42. The van der Waals surface area contributed by atoms with Crippen LogP contribution in [-0.4, -0.2) is 54.8 Å². The van der Waals surface area contributed by atoms with Crippen LogP contribution in [0.5, 0.6) is 0 Å². The third-order valence-corrected chi connectivity index (χ3v) is 8.01. The Morgan fingerprint density at radius 2 is 1.85 bits per heavy atom. The summed E-state index contributed by atoms with van der Waals surface area (Å²) >= 11 is 0. The summed E-state index contributed by atoms with van der Waals surface area (Å²) in [5.41, 5.74) is -1.84. The fourth-order valence-electron chi connectivity index (χ4n) is 4.03. The number of hydrogen-bond donors (Lipinski definition) is 3. The highest BCUT2D eigenvalue weighted by molar-refractivity contribution is 7.89. The molecule has 0 spiro atoms. The van der Waals surface area contributed by atoms with E-state index in [2.05, 4.69) is 5.32 Å². The van der Waals surface area contributed by atoms with Gasteiger partial charge in [-0.2, -0.15) is 4.31 Å². The maximum Gasteiger partial charge on any atom is 0.243 e. The maximum absolute atomic E-state index is 13.7. The summed E-state index contributed by atoms with van der Waals surface area (Å²) in [5, 5.41) is 23.8. The third kappa shape index (κ3) is 4.91. The van der Waals surface area contributed by atoms with Crippen molar-refractivity contribution in [1.82, 2.24) is 4.31 Å². The molecule has 1 aliphatic heterocycles. The van der Waals surface area contributed by atoms with Crippen LogP contribution in [0.4, 0.5) is 23.2 Å². The van der Waals surface area contributed by atoms with Crippen LogP contribution in [0, 0.1) is 23.4 Å². The molecule has 12 heteroatoms. The van der Waals surface area contributed by atoms with Crippen molar-refractivity contribution in [1.29, 1.82) is 0 Å². The van der Waals surface area contributed by atoms with Crippen molar-refractivity contribution >= 4 is 15.7 Å². The molecule has 4 rings (SSSR count). The fraction of sp³-hybridized carbons (Fsp3) is 0.455. The van der Waals surface area contributed by atoms with Gasteiger partial charge in [0.05, 0.1) is 18.1 Å². The van der Waals surface area contributed by atoms with Crippen molar-refractivity contribution < 1.29 is 40.9 Å². The zero-order valence-electron chi connectivity index (χ0n) is 18.0. The van der Waals surface area contributed by atoms with E-state index >= 15 is 0 Å². The Morgan fingerprint density at radius 3 is 2.47 bits per heavy atom. The van der Waals surface area contributed by atoms with Gasteiger partial charge in [0, 0.05) is 42.0 Å². The first-order valence-corrected chi connectivity index (χ1v) is 12.1. The van der Waals surface area contributed by atoms with E-state index in [0.29, 0.717) is 12.1 Å². The van der Waals surface area contributed by atoms with Gasteiger partial charge in [-0.1, -0.05) is 12.1 Å². The van der Waals surface area contributed by atoms with E-state index in [1.165, 1.54) is 12.1 Å². The molecule has 1 saturated carbocycles. The number of hydrogen-bond acceptors (Lipinski definition) is 6. The lowest BCUT2D eigenvalue weighted by Gasteiger charge is -2.30. The SMILES string of the molecule is O=S(=O)(c1cc(C(O)Nc2cc(F)c(F)c(F)c2)ccc1CF)N1CCOCC(O)(C2CC2)C1. The Kier molecular flexibility index (Phi) is 6.89. The zero-order valence-corrected chi connectivity index (χ0v) is 18.8. The Balaban J connectivity index is 1.64. The molecule has 7 nitrogen and oxygen atoms in total. The van der Waals surface area contributed by atoms with Crippen LogP contribution >= 0.6 is 0 Å². The van der Waals surface area contributed by atoms with Gasteiger partial charge in [-0.25, -0.2) is 26.0 Å². The van der Waals surface area contributed by atoms with E-state index in [9.17, 15) is 36.2 Å². The molecule has 0 radical (unpaired) electrons. The second kappa shape index (κ2) is 9.42. The molecule has 2 aromatic rings. The molecule has 0 bridgehead atoms. The molecule has 0 aromatic heterocycles. The van der Waals surface area contributed by atoms with Crippen LogP contribution in [0.15, 0.2) is 35.2 Å². The molecule has 2 unspecified atom stereocenters. The van der Waals surface area contributed by atoms with Crippen LogP contribution in [0.3, 0.4) is 0 Å². The molecule has 2 atom stereocenters. The van der Waals surface area contributed by atoms with E-state index in [1.54, 1.807) is 0 Å². The molecular weight excluding hydrogens is 480 g/mol. The normalized spacial score (nSPS) is 22.9. The predicted octanol–water partition coefficient (Wildman–Crippen LogP) is 2.84. The average molecular weight is 505 g/mol. The summed E-state index contributed by atoms with van der Waals surface area (Å²) in [6, 6.07) is 4.75. The molecule has 2 fully saturated rings. The van der Waals surface area contributed by atoms with Crippen molar-refractivity contribution in [3.63, 3.8) is 0 Å². The van der Waals surface area contributed by atoms with Crippen molar-refractivity contribution in [3.05, 3.63) is 58.9 Å². The number of nitrogens with one attached hydrogen (secondary N) is 1. The Bertz CT molecular complexity index is 1150. The van der Waals surface area contributed by atoms with Gasteiger partial charge in [0.1, 0.15) is 12.3 Å². The highest BCUT2D eigenvalue weighted by atomic mass is 32.2. The minimum Gasteiger partial charge on any atom is -0.386 e. The number of nitrogens with zero attached hydrogens (tertiary/aromatic N) is 1. The quantitative estimate of drug-likeness (QED) is 0.305. The van der Waals surface area contributed by atoms with Crippen molar-refractivity contribution in [2.45, 2.75) is 36.2 Å². The van der Waals surface area contributed by atoms with Gasteiger partial charge in [0.15, 0.2) is 23.7 Å². The third-order valence-electron chi connectivity index (χ3n) is 6.08. The number of β-amino-alcohol motifs (C(OH)–C–C–N with tert-alkyl or cyclic N) is 1. The number of aliphatic hydroxyl groups is 2. The monoisotopic (exact) mass is 504 g/mol. The fourth-order valence-corrected chi connectivity index (χ4v) is 5.75. The van der Waals surface area contributed by atoms with E-state index in [4.69, 9.17) is 4.74 Å². The van der Waals surface area contributed by atoms with Gasteiger partial charge < -0.3 is 20.3 Å². The van der Waals surface area contributed by atoms with Gasteiger partial charge in [-0.05, 0) is 24.8 Å². The van der Waals surface area contributed by atoms with Crippen LogP contribution in [0.2, 0.25) is 0 Å². The van der Waals surface area contributed by atoms with Crippen LogP contribution < -0.4 is 5.32 Å². The van der Waals surface area contributed by atoms with E-state index in [1.807, 2.05) is 0 Å². The zero-order chi connectivity index (χ0) is 24.7. The molecule has 186 valence electrons. The molecule has 2 aromatic carbocycles. The topological polar surface area (TPSA) is 99.1 Å². The van der Waals surface area contributed by atoms with Gasteiger partial charge in [-0.15, -0.1) is 0 Å². The minimum absolute atomic E-state index is 0.00683. The Morgan fingerprint density at radius 1 is 1.18 bits per heavy atom. The summed E-state index contributed by atoms with van der Waals surface area (Å²) < 4.78 is 87.2. The number of alkyl halides is 1. The minimum atomic E-state index is -4.31. The molecular formula is C22H24F4N2O5S. The highest BCUT2D eigenvalue weighted by Gasteiger charge is 2.48. The van der Waals surface area contributed by atoms with Gasteiger partial charge in [0.2, 0.25) is 10.0 Å². The van der Waals surface area contributed by atoms with E-state index in [0.717, 1.165) is 23.2 Å². The average Bonchev–Trinajstić information content (AvgIpc) is 3.65. The number of anilines is 1. The Labute approximate surface area is 194 Å².